The summed E-state index contributed by atoms with van der Waals surface area (Å²) in [4.78, 5) is 247. The van der Waals surface area contributed by atoms with Crippen LogP contribution < -0.4 is 70.0 Å². The number of aromatic hydroxyl groups is 1. The van der Waals surface area contributed by atoms with Crippen LogP contribution in [0, 0.1) is 11.8 Å². The van der Waals surface area contributed by atoms with Gasteiger partial charge in [-0.15, -0.1) is 0 Å². The number of carbonyl (C=O) groups excluding carboxylic acids is 15. The summed E-state index contributed by atoms with van der Waals surface area (Å²) in [6.45, 7) is 9.72. The smallest absolute Gasteiger partial charge is 0.469 e. The van der Waals surface area contributed by atoms with E-state index in [1.807, 2.05) is 0 Å². The number of halogens is 2. The minimum absolute atomic E-state index is 0.00270. The first kappa shape index (κ1) is 92.2. The van der Waals surface area contributed by atoms with Crippen molar-refractivity contribution >= 4 is 126 Å². The second kappa shape index (κ2) is 42.9. The van der Waals surface area contributed by atoms with Crippen LogP contribution in [0.5, 0.6) is 5.75 Å². The summed E-state index contributed by atoms with van der Waals surface area (Å²) in [6.07, 6.45) is -1.10. The summed E-state index contributed by atoms with van der Waals surface area (Å²) in [5, 5.41) is 57.4. The fourth-order valence-electron chi connectivity index (χ4n) is 12.2. The lowest BCUT2D eigenvalue weighted by Crippen LogP contribution is -2.63. The summed E-state index contributed by atoms with van der Waals surface area (Å²) in [6, 6.07) is -10.7. The van der Waals surface area contributed by atoms with Gasteiger partial charge in [0, 0.05) is 51.2 Å². The topological polar surface area (TPSA) is 620 Å². The number of hydrogen-bond donors (Lipinski definition) is 19. The number of aliphatic hydroxyl groups is 1. The average molecular weight is 1640 g/mol. The summed E-state index contributed by atoms with van der Waals surface area (Å²) < 4.78 is 17.0. The summed E-state index contributed by atoms with van der Waals surface area (Å²) in [5.41, 5.74) is 11.5. The lowest BCUT2D eigenvalue weighted by molar-refractivity contribution is -0.149. The molecule has 0 radical (unpaired) electrons. The Labute approximate surface area is 653 Å². The Morgan fingerprint density at radius 2 is 1.09 bits per heavy atom. The van der Waals surface area contributed by atoms with Crippen LogP contribution in [-0.2, 0) is 105 Å². The number of carboxylic acid groups (broad SMARTS) is 1. The summed E-state index contributed by atoms with van der Waals surface area (Å²) in [5.74, 6) is -17.8. The average Bonchev–Trinajstić information content (AvgIpc) is 1.62. The van der Waals surface area contributed by atoms with Crippen molar-refractivity contribution in [2.45, 2.75) is 211 Å². The van der Waals surface area contributed by atoms with Gasteiger partial charge in [-0.1, -0.05) is 75.5 Å². The van der Waals surface area contributed by atoms with Crippen molar-refractivity contribution in [3.63, 3.8) is 0 Å². The normalized spacial score (nSPS) is 17.6. The molecular formula is C69H98Cl2N17O23P. The van der Waals surface area contributed by atoms with Crippen molar-refractivity contribution in [2.75, 3.05) is 19.7 Å². The third kappa shape index (κ3) is 28.4. The van der Waals surface area contributed by atoms with Crippen LogP contribution in [-0.4, -0.2) is 244 Å². The molecule has 2 aromatic carbocycles. The van der Waals surface area contributed by atoms with Crippen LogP contribution >= 0.6 is 31.0 Å². The van der Waals surface area contributed by atoms with Crippen LogP contribution in [0.1, 0.15) is 124 Å². The molecule has 0 saturated carbocycles. The third-order valence-corrected chi connectivity index (χ3v) is 19.6. The number of likely N-dealkylation sites (tertiary alicyclic amines) is 2. The molecule has 5 rings (SSSR count). The molecule has 2 fully saturated rings. The second-order valence-electron chi connectivity index (χ2n) is 27.7. The van der Waals surface area contributed by atoms with Gasteiger partial charge in [0.15, 0.2) is 0 Å². The molecule has 112 heavy (non-hydrogen) atoms. The van der Waals surface area contributed by atoms with Gasteiger partial charge in [0.2, 0.25) is 88.6 Å². The Hall–Kier alpha value is -10.4. The SMILES string of the molecule is CC[C@H](C)[C@H](NC(=O)[C@H](C)NC(=O)[C@@H](NC(=O)[C@H](CO)NC(=O)[C@H](Cc1cnc[nH]1)NC(=O)[C@H](CC(C)C)NC(=O)[C@@H]1CCCN1C(=O)[C@@H]1CCCN1C(=O)[C@H](CC(=O)O)NC(=O)[C@H](Cc1ccc(Cl)c(Cl)c1)NC(C)=O)[C@@H](C)OP(=O)(O)O)C(=O)N[C@@H](Cc1ccc(O)cc1)C(=O)N[C@@H](C)C(=O)N[C@@H](CC(N)=O)C(N)=O. The van der Waals surface area contributed by atoms with Crippen molar-refractivity contribution in [2.24, 2.45) is 23.3 Å². The van der Waals surface area contributed by atoms with Gasteiger partial charge in [0.25, 0.3) is 0 Å². The van der Waals surface area contributed by atoms with E-state index in [2.05, 4.69) is 68.5 Å². The number of carboxylic acids is 1. The second-order valence-corrected chi connectivity index (χ2v) is 29.7. The van der Waals surface area contributed by atoms with Crippen molar-refractivity contribution < 1.29 is 111 Å². The highest BCUT2D eigenvalue weighted by molar-refractivity contribution is 7.46. The van der Waals surface area contributed by atoms with Gasteiger partial charge in [0.1, 0.15) is 84.3 Å². The predicted molar refractivity (Wildman–Crippen MR) is 396 cm³/mol. The van der Waals surface area contributed by atoms with E-state index >= 15 is 0 Å². The fraction of sp³-hybridized carbons (Fsp3) is 0.551. The quantitative estimate of drug-likeness (QED) is 0.0242. The molecule has 0 unspecified atom stereocenters. The summed E-state index contributed by atoms with van der Waals surface area (Å²) >= 11 is 12.3. The predicted octanol–water partition coefficient (Wildman–Crippen LogP) is -3.76. The molecule has 40 nitrogen and oxygen atoms in total. The highest BCUT2D eigenvalue weighted by Gasteiger charge is 2.46. The Kier molecular flexibility index (Phi) is 35.3. The number of phenols is 1. The standard InChI is InChI=1S/C69H98Cl2N17O23P/c1-9-33(4)55(66(104)82-47(24-38-14-17-41(91)18-15-38)60(98)76-34(5)58(96)79-44(57(73)95)27-53(72)92)85-59(97)35(6)77-67(105)56(36(7)111-112(108,109)110)86-64(102)50(30-89)84-63(101)48(26-40-29-74-31-75-40)80-61(99)45(22-32(2)3)81-65(103)51-12-10-20-87(51)69(107)52-13-11-21-88(52)68(106)49(28-54(93)94)83-62(100)46(78-37(8)90)25-39-16-19-42(70)43(71)23-39/h14-19,23,29,31-36,44-52,55-56,89,91H,9-13,20-22,24-28,30H2,1-8H3,(H2,72,92)(H2,73,95)(H,74,75)(H,76,98)(H,77,105)(H,78,90)(H,79,96)(H,80,99)(H,81,103)(H,82,104)(H,83,100)(H,84,101)(H,85,97)(H,86,102)(H,93,94)(H2,108,109,110)/t33-,34-,35-,36+,44-,45-,46-,47-,48-,49-,50-,51-,52-,55-,56-/m0/s1. The number of aromatic nitrogens is 2. The molecule has 21 N–H and O–H groups in total. The lowest BCUT2D eigenvalue weighted by Gasteiger charge is -2.33. The first-order valence-corrected chi connectivity index (χ1v) is 38.0. The minimum Gasteiger partial charge on any atom is -0.508 e. The van der Waals surface area contributed by atoms with Crippen LogP contribution in [0.3, 0.4) is 0 Å². The van der Waals surface area contributed by atoms with E-state index < -0.39 is 219 Å². The Morgan fingerprint density at radius 3 is 1.64 bits per heavy atom. The largest absolute Gasteiger partial charge is 0.508 e. The van der Waals surface area contributed by atoms with Crippen LogP contribution in [0.25, 0.3) is 0 Å². The van der Waals surface area contributed by atoms with Gasteiger partial charge in [-0.2, -0.15) is 0 Å². The highest BCUT2D eigenvalue weighted by atomic mass is 35.5. The third-order valence-electron chi connectivity index (χ3n) is 18.3. The number of hydrogen-bond acceptors (Lipinski definition) is 21. The number of nitrogens with one attached hydrogen (secondary N) is 12. The van der Waals surface area contributed by atoms with Crippen molar-refractivity contribution in [3.05, 3.63) is 81.9 Å². The van der Waals surface area contributed by atoms with Crippen molar-refractivity contribution in [1.82, 2.24) is 78.3 Å². The molecule has 0 aliphatic carbocycles. The molecule has 2 saturated heterocycles. The van der Waals surface area contributed by atoms with Gasteiger partial charge < -0.3 is 110 Å². The molecule has 15 amide bonds. The molecular weight excluding hydrogens is 1540 g/mol. The number of imidazole rings is 1. The Morgan fingerprint density at radius 1 is 0.589 bits per heavy atom. The van der Waals surface area contributed by atoms with E-state index in [1.54, 1.807) is 33.8 Å². The van der Waals surface area contributed by atoms with E-state index in [-0.39, 0.29) is 91.9 Å². The van der Waals surface area contributed by atoms with Crippen molar-refractivity contribution in [1.29, 1.82) is 0 Å². The lowest BCUT2D eigenvalue weighted by atomic mass is 9.96. The first-order valence-electron chi connectivity index (χ1n) is 35.8. The minimum atomic E-state index is -5.52. The van der Waals surface area contributed by atoms with Gasteiger partial charge in [-0.05, 0) is 100 Å². The monoisotopic (exact) mass is 1630 g/mol. The molecule has 2 aliphatic heterocycles. The van der Waals surface area contributed by atoms with Gasteiger partial charge in [-0.25, -0.2) is 9.55 Å². The number of phenolic OH excluding ortho intramolecular Hbond substituents is 1. The maximum atomic E-state index is 14.6. The number of aliphatic carboxylic acids is 1. The first-order chi connectivity index (χ1) is 52.5. The number of H-pyrrole nitrogens is 1. The van der Waals surface area contributed by atoms with E-state index in [9.17, 15) is 106 Å². The zero-order chi connectivity index (χ0) is 83.8. The van der Waals surface area contributed by atoms with E-state index in [4.69, 9.17) is 39.2 Å². The number of nitrogens with two attached hydrogens (primary N) is 2. The fourth-order valence-corrected chi connectivity index (χ4v) is 13.1. The van der Waals surface area contributed by atoms with Gasteiger partial charge >= 0.3 is 13.8 Å². The number of aromatic amines is 1. The molecule has 43 heteroatoms. The molecule has 0 spiro atoms. The molecule has 1 aromatic heterocycles. The van der Waals surface area contributed by atoms with Crippen LogP contribution in [0.4, 0.5) is 0 Å². The molecule has 3 aromatic rings. The molecule has 15 atom stereocenters. The number of carbonyl (C=O) groups is 16. The Bertz CT molecular complexity index is 3970. The number of aliphatic hydroxyl groups excluding tert-OH is 1. The van der Waals surface area contributed by atoms with Crippen molar-refractivity contribution in [3.8, 4) is 5.75 Å². The van der Waals surface area contributed by atoms with Gasteiger partial charge in [0.05, 0.1) is 41.9 Å². The van der Waals surface area contributed by atoms with Gasteiger partial charge in [-0.3, -0.25) is 81.2 Å². The molecule has 616 valence electrons. The van der Waals surface area contributed by atoms with Crippen LogP contribution in [0.15, 0.2) is 55.0 Å². The maximum absolute atomic E-state index is 14.6. The highest BCUT2D eigenvalue weighted by Crippen LogP contribution is 2.38. The number of phosphoric acid groups is 1. The summed E-state index contributed by atoms with van der Waals surface area (Å²) in [7, 11) is -5.52. The molecule has 3 heterocycles. The van der Waals surface area contributed by atoms with E-state index in [0.717, 1.165) is 25.7 Å². The zero-order valence-electron chi connectivity index (χ0n) is 62.6. The number of phosphoric ester groups is 1. The number of rotatable bonds is 42. The van der Waals surface area contributed by atoms with E-state index in [1.165, 1.54) is 60.7 Å². The number of nitrogens with zero attached hydrogens (tertiary/aromatic N) is 3. The zero-order valence-corrected chi connectivity index (χ0v) is 65.0. The number of amides is 15. The van der Waals surface area contributed by atoms with Crippen LogP contribution in [0.2, 0.25) is 10.0 Å². The Balaban J connectivity index is 1.31. The maximum Gasteiger partial charge on any atom is 0.469 e. The molecule has 0 bridgehead atoms. The number of benzene rings is 2. The number of primary amides is 2. The molecule has 2 aliphatic rings. The van der Waals surface area contributed by atoms with E-state index in [0.29, 0.717) is 11.1 Å².